The van der Waals surface area contributed by atoms with Crippen molar-refractivity contribution < 1.29 is 5.11 Å². The van der Waals surface area contributed by atoms with Crippen molar-refractivity contribution in [1.29, 1.82) is 0 Å². The van der Waals surface area contributed by atoms with Crippen LogP contribution in [0.5, 0.6) is 0 Å². The Balaban J connectivity index is 2.43. The van der Waals surface area contributed by atoms with Gasteiger partial charge >= 0.3 is 0 Å². The van der Waals surface area contributed by atoms with Crippen molar-refractivity contribution in [2.45, 2.75) is 32.0 Å². The topological polar surface area (TPSA) is 63.0 Å². The maximum absolute atomic E-state index is 11.2. The molecule has 2 aromatic rings. The summed E-state index contributed by atoms with van der Waals surface area (Å²) in [4.78, 5) is 3.91. The third-order valence-electron chi connectivity index (χ3n) is 3.49. The number of halogens is 2. The van der Waals surface area contributed by atoms with Gasteiger partial charge in [-0.3, -0.25) is 0 Å². The quantitative estimate of drug-likeness (QED) is 0.855. The summed E-state index contributed by atoms with van der Waals surface area (Å²) in [6, 6.07) is 4.86. The fraction of sp³-hybridized carbons (Fsp3) is 0.429. The highest BCUT2D eigenvalue weighted by Crippen LogP contribution is 2.34. The van der Waals surface area contributed by atoms with E-state index in [0.717, 1.165) is 6.54 Å². The lowest BCUT2D eigenvalue weighted by molar-refractivity contribution is -0.0164. The van der Waals surface area contributed by atoms with Gasteiger partial charge in [0.25, 0.3) is 0 Å². The monoisotopic (exact) mass is 328 g/mol. The minimum Gasteiger partial charge on any atom is -0.382 e. The first-order valence-corrected chi connectivity index (χ1v) is 7.46. The zero-order valence-electron chi connectivity index (χ0n) is 11.9. The Morgan fingerprint density at radius 2 is 2.19 bits per heavy atom. The predicted molar refractivity (Wildman–Crippen MR) is 83.5 cm³/mol. The summed E-state index contributed by atoms with van der Waals surface area (Å²) in [5.41, 5.74) is -0.622. The van der Waals surface area contributed by atoms with E-state index in [2.05, 4.69) is 15.4 Å². The highest BCUT2D eigenvalue weighted by molar-refractivity contribution is 6.35. The SMILES string of the molecule is CCN[C@H](C)[C@](O)(Cn1cncn1)c1ccc(Cl)cc1Cl. The van der Waals surface area contributed by atoms with Gasteiger partial charge in [0.1, 0.15) is 18.3 Å². The summed E-state index contributed by atoms with van der Waals surface area (Å²) in [7, 11) is 0. The van der Waals surface area contributed by atoms with E-state index in [4.69, 9.17) is 23.2 Å². The van der Waals surface area contributed by atoms with Gasteiger partial charge in [-0.15, -0.1) is 0 Å². The Kier molecular flexibility index (Phi) is 5.22. The van der Waals surface area contributed by atoms with Crippen LogP contribution in [0.1, 0.15) is 19.4 Å². The summed E-state index contributed by atoms with van der Waals surface area (Å²) in [5.74, 6) is 0. The minimum atomic E-state index is -1.23. The third kappa shape index (κ3) is 3.55. The Bertz CT molecular complexity index is 591. The number of likely N-dealkylation sites (N-methyl/N-ethyl adjacent to an activating group) is 1. The van der Waals surface area contributed by atoms with Gasteiger partial charge in [-0.25, -0.2) is 9.67 Å². The van der Waals surface area contributed by atoms with Crippen LogP contribution >= 0.6 is 23.2 Å². The number of aliphatic hydroxyl groups is 1. The summed E-state index contributed by atoms with van der Waals surface area (Å²) in [5, 5.41) is 19.5. The lowest BCUT2D eigenvalue weighted by atomic mass is 9.86. The van der Waals surface area contributed by atoms with Crippen LogP contribution in [0, 0.1) is 0 Å². The molecule has 21 heavy (non-hydrogen) atoms. The zero-order valence-corrected chi connectivity index (χ0v) is 13.4. The Labute approximate surface area is 133 Å². The Morgan fingerprint density at radius 3 is 2.76 bits per heavy atom. The third-order valence-corrected chi connectivity index (χ3v) is 4.04. The van der Waals surface area contributed by atoms with Crippen molar-refractivity contribution in [3.63, 3.8) is 0 Å². The molecule has 0 amide bonds. The number of benzene rings is 1. The second-order valence-corrected chi connectivity index (χ2v) is 5.76. The first kappa shape index (κ1) is 16.2. The number of hydrogen-bond donors (Lipinski definition) is 2. The average Bonchev–Trinajstić information content (AvgIpc) is 2.91. The van der Waals surface area contributed by atoms with Gasteiger partial charge in [-0.05, 0) is 25.6 Å². The molecule has 0 aliphatic carbocycles. The van der Waals surface area contributed by atoms with Gasteiger partial charge in [0, 0.05) is 21.7 Å². The number of hydrogen-bond acceptors (Lipinski definition) is 4. The number of aromatic nitrogens is 3. The van der Waals surface area contributed by atoms with E-state index in [0.29, 0.717) is 15.6 Å². The highest BCUT2D eigenvalue weighted by atomic mass is 35.5. The Morgan fingerprint density at radius 1 is 1.43 bits per heavy atom. The van der Waals surface area contributed by atoms with Crippen LogP contribution in [-0.4, -0.2) is 32.5 Å². The maximum atomic E-state index is 11.2. The molecule has 1 aromatic carbocycles. The smallest absolute Gasteiger partial charge is 0.137 e. The van der Waals surface area contributed by atoms with Crippen LogP contribution in [-0.2, 0) is 12.1 Å². The van der Waals surface area contributed by atoms with Crippen molar-refractivity contribution in [2.75, 3.05) is 6.54 Å². The molecular weight excluding hydrogens is 311 g/mol. The van der Waals surface area contributed by atoms with Gasteiger partial charge in [-0.2, -0.15) is 5.10 Å². The second kappa shape index (κ2) is 6.75. The van der Waals surface area contributed by atoms with Gasteiger partial charge in [0.15, 0.2) is 0 Å². The molecule has 0 saturated heterocycles. The van der Waals surface area contributed by atoms with Crippen LogP contribution in [0.2, 0.25) is 10.0 Å². The second-order valence-electron chi connectivity index (χ2n) is 4.92. The van der Waals surface area contributed by atoms with Crippen molar-refractivity contribution in [3.8, 4) is 0 Å². The lowest BCUT2D eigenvalue weighted by Crippen LogP contribution is -2.49. The Hall–Kier alpha value is -1.14. The van der Waals surface area contributed by atoms with E-state index < -0.39 is 5.60 Å². The van der Waals surface area contributed by atoms with Crippen LogP contribution in [0.3, 0.4) is 0 Å². The molecule has 1 aromatic heterocycles. The van der Waals surface area contributed by atoms with Gasteiger partial charge in [0.2, 0.25) is 0 Å². The van der Waals surface area contributed by atoms with Crippen LogP contribution in [0.15, 0.2) is 30.9 Å². The molecule has 2 N–H and O–H groups in total. The van der Waals surface area contributed by atoms with E-state index in [9.17, 15) is 5.11 Å². The molecule has 0 radical (unpaired) electrons. The summed E-state index contributed by atoms with van der Waals surface area (Å²) >= 11 is 12.2. The molecule has 0 aliphatic rings. The molecule has 0 spiro atoms. The number of rotatable bonds is 6. The van der Waals surface area contributed by atoms with Crippen LogP contribution < -0.4 is 5.32 Å². The summed E-state index contributed by atoms with van der Waals surface area (Å²) < 4.78 is 1.58. The van der Waals surface area contributed by atoms with Crippen molar-refractivity contribution in [1.82, 2.24) is 20.1 Å². The van der Waals surface area contributed by atoms with Gasteiger partial charge in [0.05, 0.1) is 6.54 Å². The van der Waals surface area contributed by atoms with Gasteiger partial charge in [-0.1, -0.05) is 36.2 Å². The first-order chi connectivity index (χ1) is 9.97. The fourth-order valence-corrected chi connectivity index (χ4v) is 2.90. The molecule has 0 unspecified atom stereocenters. The van der Waals surface area contributed by atoms with Crippen LogP contribution in [0.25, 0.3) is 0 Å². The predicted octanol–water partition coefficient (Wildman–Crippen LogP) is 2.47. The molecular formula is C14H18Cl2N4O. The zero-order chi connectivity index (χ0) is 15.5. The number of nitrogens with zero attached hydrogens (tertiary/aromatic N) is 3. The van der Waals surface area contributed by atoms with Crippen molar-refractivity contribution >= 4 is 23.2 Å². The lowest BCUT2D eigenvalue weighted by Gasteiger charge is -2.35. The van der Waals surface area contributed by atoms with Gasteiger partial charge < -0.3 is 10.4 Å². The molecule has 7 heteroatoms. The van der Waals surface area contributed by atoms with E-state index in [-0.39, 0.29) is 12.6 Å². The van der Waals surface area contributed by atoms with E-state index >= 15 is 0 Å². The molecule has 0 saturated carbocycles. The largest absolute Gasteiger partial charge is 0.382 e. The summed E-state index contributed by atoms with van der Waals surface area (Å²) in [6.07, 6.45) is 3.00. The molecule has 2 atom stereocenters. The molecule has 0 fully saturated rings. The average molecular weight is 329 g/mol. The standard InChI is InChI=1S/C14H18Cl2N4O/c1-3-18-10(2)14(21,7-20-9-17-8-19-20)12-5-4-11(15)6-13(12)16/h4-6,8-10,18,21H,3,7H2,1-2H3/t10-,14-/m1/s1. The molecule has 5 nitrogen and oxygen atoms in total. The summed E-state index contributed by atoms with van der Waals surface area (Å²) in [6.45, 7) is 4.86. The molecule has 1 heterocycles. The fourth-order valence-electron chi connectivity index (χ4n) is 2.33. The first-order valence-electron chi connectivity index (χ1n) is 6.71. The maximum Gasteiger partial charge on any atom is 0.137 e. The van der Waals surface area contributed by atoms with E-state index in [1.165, 1.54) is 6.33 Å². The molecule has 114 valence electrons. The van der Waals surface area contributed by atoms with E-state index in [1.54, 1.807) is 29.2 Å². The molecule has 0 aliphatic heterocycles. The van der Waals surface area contributed by atoms with Crippen molar-refractivity contribution in [3.05, 3.63) is 46.5 Å². The molecule has 0 bridgehead atoms. The van der Waals surface area contributed by atoms with E-state index in [1.807, 2.05) is 13.8 Å². The minimum absolute atomic E-state index is 0.231. The van der Waals surface area contributed by atoms with Crippen molar-refractivity contribution in [2.24, 2.45) is 0 Å². The highest BCUT2D eigenvalue weighted by Gasteiger charge is 2.38. The van der Waals surface area contributed by atoms with Crippen LogP contribution in [0.4, 0.5) is 0 Å². The normalized spacial score (nSPS) is 15.7. The molecule has 2 rings (SSSR count). The number of nitrogens with one attached hydrogen (secondary N) is 1.